The fourth-order valence-corrected chi connectivity index (χ4v) is 4.05. The molecule has 4 heteroatoms. The normalized spacial score (nSPS) is 17.3. The van der Waals surface area contributed by atoms with Crippen LogP contribution in [0.4, 0.5) is 0 Å². The number of para-hydroxylation sites is 1. The van der Waals surface area contributed by atoms with E-state index in [1.165, 1.54) is 33.7 Å². The number of benzene rings is 1. The number of hydrogen-bond acceptors (Lipinski definition) is 2. The predicted octanol–water partition coefficient (Wildman–Crippen LogP) is 3.70. The van der Waals surface area contributed by atoms with Gasteiger partial charge in [-0.05, 0) is 19.4 Å². The maximum atomic E-state index is 4.75. The molecule has 0 spiro atoms. The molecular formula is C17H23N3S. The molecule has 3 nitrogen and oxygen atoms in total. The summed E-state index contributed by atoms with van der Waals surface area (Å²) in [7, 11) is 4.29. The maximum absolute atomic E-state index is 4.75. The van der Waals surface area contributed by atoms with E-state index >= 15 is 0 Å². The predicted molar refractivity (Wildman–Crippen MR) is 92.5 cm³/mol. The van der Waals surface area contributed by atoms with Gasteiger partial charge in [0, 0.05) is 54.3 Å². The second-order valence-corrected chi connectivity index (χ2v) is 6.77. The fraction of sp³-hybridized carbons (Fsp3) is 0.471. The molecule has 0 unspecified atom stereocenters. The first kappa shape index (κ1) is 14.5. The Morgan fingerprint density at radius 1 is 1.24 bits per heavy atom. The van der Waals surface area contributed by atoms with Gasteiger partial charge in [-0.1, -0.05) is 18.2 Å². The summed E-state index contributed by atoms with van der Waals surface area (Å²) in [6.45, 7) is 4.28. The third kappa shape index (κ3) is 2.82. The van der Waals surface area contributed by atoms with E-state index in [4.69, 9.17) is 4.99 Å². The molecule has 2 heterocycles. The van der Waals surface area contributed by atoms with Crippen LogP contribution in [0.3, 0.4) is 0 Å². The quantitative estimate of drug-likeness (QED) is 0.634. The van der Waals surface area contributed by atoms with Gasteiger partial charge in [-0.25, -0.2) is 0 Å². The van der Waals surface area contributed by atoms with Crippen molar-refractivity contribution in [2.24, 2.45) is 12.0 Å². The van der Waals surface area contributed by atoms with Crippen LogP contribution in [-0.4, -0.2) is 41.2 Å². The molecule has 21 heavy (non-hydrogen) atoms. The molecule has 1 fully saturated rings. The lowest BCUT2D eigenvalue weighted by Crippen LogP contribution is -2.19. The number of nitrogens with zero attached hydrogens (tertiary/aromatic N) is 3. The van der Waals surface area contributed by atoms with Crippen molar-refractivity contribution < 1.29 is 0 Å². The van der Waals surface area contributed by atoms with Crippen molar-refractivity contribution in [3.05, 3.63) is 30.0 Å². The molecule has 0 N–H and O–H groups in total. The molecule has 0 saturated carbocycles. The molecule has 0 radical (unpaired) electrons. The third-order valence-electron chi connectivity index (χ3n) is 4.31. The highest BCUT2D eigenvalue weighted by Crippen LogP contribution is 2.33. The smallest absolute Gasteiger partial charge is 0.0987 e. The highest BCUT2D eigenvalue weighted by atomic mass is 32.2. The highest BCUT2D eigenvalue weighted by Gasteiger charge is 2.14. The molecule has 0 atom stereocenters. The second kappa shape index (κ2) is 6.14. The molecule has 1 aromatic carbocycles. The average Bonchev–Trinajstić information content (AvgIpc) is 3.00. The fourth-order valence-electron chi connectivity index (χ4n) is 2.98. The summed E-state index contributed by atoms with van der Waals surface area (Å²) in [6.07, 6.45) is 2.40. The van der Waals surface area contributed by atoms with E-state index in [0.29, 0.717) is 0 Å². The van der Waals surface area contributed by atoms with E-state index in [-0.39, 0.29) is 0 Å². The van der Waals surface area contributed by atoms with Crippen LogP contribution in [-0.2, 0) is 7.05 Å². The molecule has 1 aliphatic heterocycles. The Morgan fingerprint density at radius 3 is 2.81 bits per heavy atom. The Morgan fingerprint density at radius 2 is 2.05 bits per heavy atom. The first-order chi connectivity index (χ1) is 10.2. The van der Waals surface area contributed by atoms with Crippen LogP contribution in [0, 0.1) is 6.92 Å². The highest BCUT2D eigenvalue weighted by molar-refractivity contribution is 7.99. The topological polar surface area (TPSA) is 20.5 Å². The van der Waals surface area contributed by atoms with E-state index in [0.717, 1.165) is 25.3 Å². The van der Waals surface area contributed by atoms with Crippen molar-refractivity contribution in [1.82, 2.24) is 9.47 Å². The molecule has 1 saturated heterocycles. The van der Waals surface area contributed by atoms with Gasteiger partial charge >= 0.3 is 0 Å². The van der Waals surface area contributed by atoms with E-state index in [2.05, 4.69) is 54.8 Å². The Bertz CT molecular complexity index is 672. The number of fused-ring (bicyclic) bond motifs is 1. The van der Waals surface area contributed by atoms with Crippen molar-refractivity contribution in [3.63, 3.8) is 0 Å². The standard InChI is InChI=1S/C17H23N3S/c1-13-17(14-7-4-5-8-15(14)20(13)3)21-12-10-18-16-9-6-11-19(16)2/h4-5,7-8H,6,9-12H2,1-3H3/b18-16+. The first-order valence-electron chi connectivity index (χ1n) is 7.60. The van der Waals surface area contributed by atoms with Crippen molar-refractivity contribution in [2.45, 2.75) is 24.7 Å². The first-order valence-corrected chi connectivity index (χ1v) is 8.58. The number of amidine groups is 1. The van der Waals surface area contributed by atoms with Gasteiger partial charge in [0.25, 0.3) is 0 Å². The Kier molecular flexibility index (Phi) is 4.24. The minimum Gasteiger partial charge on any atom is -0.363 e. The number of thioether (sulfide) groups is 1. The van der Waals surface area contributed by atoms with Gasteiger partial charge in [0.05, 0.1) is 12.4 Å². The molecule has 1 aliphatic rings. The number of aryl methyl sites for hydroxylation is 1. The van der Waals surface area contributed by atoms with Crippen LogP contribution < -0.4 is 0 Å². The molecule has 112 valence electrons. The number of hydrogen-bond donors (Lipinski definition) is 0. The lowest BCUT2D eigenvalue weighted by Gasteiger charge is -2.10. The Labute approximate surface area is 131 Å². The van der Waals surface area contributed by atoms with Crippen molar-refractivity contribution in [1.29, 1.82) is 0 Å². The number of aliphatic imine (C=N–C) groups is 1. The van der Waals surface area contributed by atoms with Gasteiger partial charge < -0.3 is 9.47 Å². The third-order valence-corrected chi connectivity index (χ3v) is 5.50. The van der Waals surface area contributed by atoms with Crippen LogP contribution in [0.1, 0.15) is 18.5 Å². The number of aromatic nitrogens is 1. The zero-order chi connectivity index (χ0) is 14.8. The minimum absolute atomic E-state index is 0.910. The van der Waals surface area contributed by atoms with E-state index in [1.54, 1.807) is 0 Å². The Balaban J connectivity index is 1.70. The summed E-state index contributed by atoms with van der Waals surface area (Å²) in [4.78, 5) is 8.45. The largest absolute Gasteiger partial charge is 0.363 e. The van der Waals surface area contributed by atoms with Crippen LogP contribution in [0.5, 0.6) is 0 Å². The van der Waals surface area contributed by atoms with Crippen LogP contribution in [0.25, 0.3) is 10.9 Å². The zero-order valence-electron chi connectivity index (χ0n) is 13.1. The molecule has 0 bridgehead atoms. The van der Waals surface area contributed by atoms with Gasteiger partial charge in [0.2, 0.25) is 0 Å². The lowest BCUT2D eigenvalue weighted by atomic mass is 10.2. The average molecular weight is 301 g/mol. The van der Waals surface area contributed by atoms with E-state index in [1.807, 2.05) is 11.8 Å². The minimum atomic E-state index is 0.910. The van der Waals surface area contributed by atoms with Gasteiger partial charge in [-0.3, -0.25) is 4.99 Å². The van der Waals surface area contributed by atoms with Gasteiger partial charge in [0.15, 0.2) is 0 Å². The zero-order valence-corrected chi connectivity index (χ0v) is 13.9. The van der Waals surface area contributed by atoms with Crippen LogP contribution in [0.15, 0.2) is 34.2 Å². The van der Waals surface area contributed by atoms with Crippen molar-refractivity contribution >= 4 is 28.5 Å². The molecule has 1 aromatic heterocycles. The monoisotopic (exact) mass is 301 g/mol. The summed E-state index contributed by atoms with van der Waals surface area (Å²) >= 11 is 1.94. The summed E-state index contributed by atoms with van der Waals surface area (Å²) in [5.74, 6) is 2.33. The van der Waals surface area contributed by atoms with Gasteiger partial charge in [-0.2, -0.15) is 0 Å². The molecule has 3 rings (SSSR count). The second-order valence-electron chi connectivity index (χ2n) is 5.66. The summed E-state index contributed by atoms with van der Waals surface area (Å²) in [5, 5.41) is 1.37. The van der Waals surface area contributed by atoms with Gasteiger partial charge in [-0.15, -0.1) is 11.8 Å². The SMILES string of the molecule is Cc1c(SCC/N=C2\CCCN2C)c2ccccc2n1C. The summed E-state index contributed by atoms with van der Waals surface area (Å²) in [5.41, 5.74) is 2.67. The van der Waals surface area contributed by atoms with E-state index in [9.17, 15) is 0 Å². The van der Waals surface area contributed by atoms with Crippen LogP contribution in [0.2, 0.25) is 0 Å². The Hall–Kier alpha value is -1.42. The molecule has 0 amide bonds. The number of rotatable bonds is 4. The summed E-state index contributed by atoms with van der Waals surface area (Å²) in [6, 6.07) is 8.65. The van der Waals surface area contributed by atoms with Crippen LogP contribution >= 0.6 is 11.8 Å². The van der Waals surface area contributed by atoms with E-state index < -0.39 is 0 Å². The maximum Gasteiger partial charge on any atom is 0.0987 e. The lowest BCUT2D eigenvalue weighted by molar-refractivity contribution is 0.548. The molecule has 0 aliphatic carbocycles. The van der Waals surface area contributed by atoms with Crippen molar-refractivity contribution in [3.8, 4) is 0 Å². The molecule has 2 aromatic rings. The van der Waals surface area contributed by atoms with Crippen molar-refractivity contribution in [2.75, 3.05) is 25.9 Å². The molecular weight excluding hydrogens is 278 g/mol. The van der Waals surface area contributed by atoms with Gasteiger partial charge in [0.1, 0.15) is 0 Å². The number of likely N-dealkylation sites (tertiary alicyclic amines) is 1. The summed E-state index contributed by atoms with van der Waals surface area (Å²) < 4.78 is 2.29.